The van der Waals surface area contributed by atoms with E-state index in [4.69, 9.17) is 16.3 Å². The van der Waals surface area contributed by atoms with Gasteiger partial charge in [0.1, 0.15) is 11.3 Å². The van der Waals surface area contributed by atoms with Crippen molar-refractivity contribution in [3.05, 3.63) is 52.5 Å². The van der Waals surface area contributed by atoms with Crippen LogP contribution in [0.15, 0.2) is 41.5 Å². The van der Waals surface area contributed by atoms with Gasteiger partial charge in [0.25, 0.3) is 5.91 Å². The summed E-state index contributed by atoms with van der Waals surface area (Å²) >= 11 is 5.78. The van der Waals surface area contributed by atoms with Gasteiger partial charge in [0.05, 0.1) is 18.3 Å². The Hall–Kier alpha value is -3.26. The van der Waals surface area contributed by atoms with Crippen LogP contribution < -0.4 is 10.1 Å². The van der Waals surface area contributed by atoms with Crippen molar-refractivity contribution in [3.8, 4) is 17.2 Å². The van der Waals surface area contributed by atoms with Crippen LogP contribution in [0.25, 0.3) is 0 Å². The summed E-state index contributed by atoms with van der Waals surface area (Å²) in [5.74, 6) is -0.935. The summed E-state index contributed by atoms with van der Waals surface area (Å²) in [5.41, 5.74) is -0.466. The van der Waals surface area contributed by atoms with E-state index in [1.54, 1.807) is 31.2 Å². The second kappa shape index (κ2) is 6.81. The van der Waals surface area contributed by atoms with E-state index in [2.05, 4.69) is 10.4 Å². The number of carbonyl (C=O) groups excluding carboxylic acids is 2. The molecule has 1 aliphatic heterocycles. The highest BCUT2D eigenvalue weighted by Crippen LogP contribution is 2.34. The maximum atomic E-state index is 12.8. The molecule has 0 unspecified atom stereocenters. The minimum Gasteiger partial charge on any atom is -0.504 e. The molecule has 3 N–H and O–H groups in total. The number of rotatable bonds is 4. The second-order valence-electron chi connectivity index (χ2n) is 6.02. The summed E-state index contributed by atoms with van der Waals surface area (Å²) in [6.07, 6.45) is 1.18. The molecule has 27 heavy (non-hydrogen) atoms. The van der Waals surface area contributed by atoms with E-state index in [1.165, 1.54) is 25.5 Å². The van der Waals surface area contributed by atoms with Gasteiger partial charge in [-0.2, -0.15) is 5.10 Å². The number of urea groups is 1. The minimum atomic E-state index is -1.31. The topological polar surface area (TPSA) is 111 Å². The molecule has 0 bridgehead atoms. The third kappa shape index (κ3) is 3.26. The number of nitrogens with one attached hydrogen (secondary N) is 1. The Labute approximate surface area is 159 Å². The fourth-order valence-corrected chi connectivity index (χ4v) is 2.89. The summed E-state index contributed by atoms with van der Waals surface area (Å²) in [6.45, 7) is 1.57. The van der Waals surface area contributed by atoms with E-state index in [0.29, 0.717) is 21.9 Å². The van der Waals surface area contributed by atoms with Crippen LogP contribution >= 0.6 is 11.6 Å². The smallest absolute Gasteiger partial charge is 0.346 e. The highest BCUT2D eigenvalue weighted by Gasteiger charge is 2.49. The molecule has 0 radical (unpaired) electrons. The van der Waals surface area contributed by atoms with Crippen molar-refractivity contribution in [2.24, 2.45) is 5.10 Å². The Kier molecular flexibility index (Phi) is 4.67. The van der Waals surface area contributed by atoms with Crippen LogP contribution in [0.5, 0.6) is 17.2 Å². The van der Waals surface area contributed by atoms with Gasteiger partial charge >= 0.3 is 6.03 Å². The minimum absolute atomic E-state index is 0.0881. The third-order valence-electron chi connectivity index (χ3n) is 4.20. The van der Waals surface area contributed by atoms with Crippen LogP contribution in [0.1, 0.15) is 18.1 Å². The predicted octanol–water partition coefficient (Wildman–Crippen LogP) is 2.56. The number of amides is 3. The van der Waals surface area contributed by atoms with E-state index in [0.717, 1.165) is 0 Å². The summed E-state index contributed by atoms with van der Waals surface area (Å²) in [5, 5.41) is 26.2. The van der Waals surface area contributed by atoms with Crippen molar-refractivity contribution in [3.63, 3.8) is 0 Å². The van der Waals surface area contributed by atoms with Crippen LogP contribution in [-0.4, -0.2) is 40.5 Å². The predicted molar refractivity (Wildman–Crippen MR) is 98.1 cm³/mol. The normalized spacial score (nSPS) is 19.6. The van der Waals surface area contributed by atoms with Gasteiger partial charge in [-0.3, -0.25) is 4.79 Å². The maximum absolute atomic E-state index is 12.8. The van der Waals surface area contributed by atoms with Gasteiger partial charge < -0.3 is 20.3 Å². The molecule has 0 spiro atoms. The number of halogens is 1. The molecule has 0 aliphatic carbocycles. The summed E-state index contributed by atoms with van der Waals surface area (Å²) in [4.78, 5) is 25.1. The van der Waals surface area contributed by atoms with E-state index in [1.807, 2.05) is 0 Å². The Balaban J connectivity index is 1.90. The Morgan fingerprint density at radius 1 is 1.26 bits per heavy atom. The Morgan fingerprint density at radius 3 is 2.67 bits per heavy atom. The number of methoxy groups -OCH3 is 1. The molecular weight excluding hydrogens is 374 g/mol. The number of aromatic hydroxyl groups is 2. The summed E-state index contributed by atoms with van der Waals surface area (Å²) in [7, 11) is 1.51. The van der Waals surface area contributed by atoms with Crippen molar-refractivity contribution in [1.29, 1.82) is 0 Å². The second-order valence-corrected chi connectivity index (χ2v) is 6.43. The van der Waals surface area contributed by atoms with Crippen LogP contribution in [0.3, 0.4) is 0 Å². The molecule has 0 saturated carbocycles. The highest BCUT2D eigenvalue weighted by molar-refractivity contribution is 6.32. The lowest BCUT2D eigenvalue weighted by Crippen LogP contribution is -2.40. The first-order valence-electron chi connectivity index (χ1n) is 7.83. The molecule has 3 amide bonds. The van der Waals surface area contributed by atoms with Crippen LogP contribution in [0.2, 0.25) is 5.02 Å². The van der Waals surface area contributed by atoms with Crippen molar-refractivity contribution in [2.45, 2.75) is 12.5 Å². The first-order valence-corrected chi connectivity index (χ1v) is 8.20. The van der Waals surface area contributed by atoms with Gasteiger partial charge in [-0.05, 0) is 42.3 Å². The zero-order valence-electron chi connectivity index (χ0n) is 14.4. The number of phenolic OH excluding ortho intramolecular Hbond substituents is 2. The standard InChI is InChI=1S/C18H16ClN3O5/c1-18(11-4-3-5-12(8-11)27-2)16(25)22(17(26)21-18)20-9-10-6-13(19)15(24)14(23)7-10/h3-9,23-24H,1-2H3,(H,21,26)/b20-9+/t18-/m0/s1. The maximum Gasteiger partial charge on any atom is 0.346 e. The number of hydrogen-bond acceptors (Lipinski definition) is 6. The van der Waals surface area contributed by atoms with Crippen LogP contribution in [-0.2, 0) is 10.3 Å². The highest BCUT2D eigenvalue weighted by atomic mass is 35.5. The Bertz CT molecular complexity index is 939. The van der Waals surface area contributed by atoms with Crippen molar-refractivity contribution < 1.29 is 24.5 Å². The Morgan fingerprint density at radius 2 is 2.00 bits per heavy atom. The molecule has 1 heterocycles. The summed E-state index contributed by atoms with van der Waals surface area (Å²) in [6, 6.07) is 8.63. The number of phenols is 2. The van der Waals surface area contributed by atoms with Crippen molar-refractivity contribution in [2.75, 3.05) is 7.11 Å². The van der Waals surface area contributed by atoms with Gasteiger partial charge in [0, 0.05) is 0 Å². The molecule has 3 rings (SSSR count). The monoisotopic (exact) mass is 389 g/mol. The number of hydrogen-bond donors (Lipinski definition) is 3. The molecule has 2 aromatic carbocycles. The van der Waals surface area contributed by atoms with Gasteiger partial charge in [-0.1, -0.05) is 23.7 Å². The fraction of sp³-hybridized carbons (Fsp3) is 0.167. The number of carbonyl (C=O) groups is 2. The van der Waals surface area contributed by atoms with E-state index in [9.17, 15) is 19.8 Å². The van der Waals surface area contributed by atoms with Crippen molar-refractivity contribution >= 4 is 29.8 Å². The lowest BCUT2D eigenvalue weighted by Gasteiger charge is -2.21. The average Bonchev–Trinajstić information content (AvgIpc) is 2.87. The van der Waals surface area contributed by atoms with E-state index < -0.39 is 29.0 Å². The number of nitrogens with zero attached hydrogens (tertiary/aromatic N) is 2. The SMILES string of the molecule is COc1cccc([C@]2(C)NC(=O)N(/N=C/c3cc(O)c(O)c(Cl)c3)C2=O)c1. The third-order valence-corrected chi connectivity index (χ3v) is 4.49. The molecule has 1 fully saturated rings. The lowest BCUT2D eigenvalue weighted by molar-refractivity contribution is -0.131. The van der Waals surface area contributed by atoms with Gasteiger partial charge in [-0.25, -0.2) is 4.79 Å². The molecule has 1 aliphatic rings. The zero-order chi connectivity index (χ0) is 19.8. The quantitative estimate of drug-likeness (QED) is 0.422. The zero-order valence-corrected chi connectivity index (χ0v) is 15.2. The van der Waals surface area contributed by atoms with Crippen molar-refractivity contribution in [1.82, 2.24) is 10.3 Å². The molecule has 140 valence electrons. The number of hydrazone groups is 1. The lowest BCUT2D eigenvalue weighted by atomic mass is 9.92. The molecule has 0 aromatic heterocycles. The van der Waals surface area contributed by atoms with Gasteiger partial charge in [0.2, 0.25) is 0 Å². The molecular formula is C18H16ClN3O5. The average molecular weight is 390 g/mol. The number of imide groups is 1. The number of benzene rings is 2. The van der Waals surface area contributed by atoms with Crippen LogP contribution in [0, 0.1) is 0 Å². The molecule has 8 nitrogen and oxygen atoms in total. The van der Waals surface area contributed by atoms with Crippen LogP contribution in [0.4, 0.5) is 4.79 Å². The van der Waals surface area contributed by atoms with Gasteiger partial charge in [0.15, 0.2) is 11.5 Å². The molecule has 9 heteroatoms. The van der Waals surface area contributed by atoms with E-state index >= 15 is 0 Å². The first-order chi connectivity index (χ1) is 12.8. The fourth-order valence-electron chi connectivity index (χ4n) is 2.66. The van der Waals surface area contributed by atoms with E-state index in [-0.39, 0.29) is 5.02 Å². The first kappa shape index (κ1) is 18.5. The largest absolute Gasteiger partial charge is 0.504 e. The number of ether oxygens (including phenoxy) is 1. The summed E-state index contributed by atoms with van der Waals surface area (Å²) < 4.78 is 5.16. The van der Waals surface area contributed by atoms with Gasteiger partial charge in [-0.15, -0.1) is 5.01 Å². The molecule has 2 aromatic rings. The molecule has 1 atom stereocenters. The molecule has 1 saturated heterocycles.